The van der Waals surface area contributed by atoms with Gasteiger partial charge in [0.25, 0.3) is 0 Å². The van der Waals surface area contributed by atoms with Crippen LogP contribution in [0.4, 0.5) is 0 Å². The Balaban J connectivity index is 0.835. The van der Waals surface area contributed by atoms with E-state index in [1.165, 1.54) is 10.4 Å². The van der Waals surface area contributed by atoms with Gasteiger partial charge in [0, 0.05) is 65.5 Å². The molecule has 0 fully saturated rings. The first-order valence-corrected chi connectivity index (χ1v) is 32.0. The lowest BCUT2D eigenvalue weighted by molar-refractivity contribution is 0.591. The van der Waals surface area contributed by atoms with Crippen molar-refractivity contribution in [2.24, 2.45) is 0 Å². The molecule has 0 N–H and O–H groups in total. The van der Waals surface area contributed by atoms with Crippen LogP contribution < -0.4 is 42.2 Å². The fourth-order valence-corrected chi connectivity index (χ4v) is 17.9. The van der Waals surface area contributed by atoms with Crippen molar-refractivity contribution in [1.29, 1.82) is 0 Å². The summed E-state index contributed by atoms with van der Waals surface area (Å²) in [7, 11) is -8.53. The van der Waals surface area contributed by atoms with Crippen molar-refractivity contribution in [2.45, 2.75) is 13.1 Å². The molecule has 77 heavy (non-hydrogen) atoms. The Morgan fingerprint density at radius 1 is 0.273 bits per heavy atom. The van der Waals surface area contributed by atoms with Gasteiger partial charge in [-0.05, 0) is 24.3 Å². The van der Waals surface area contributed by atoms with E-state index in [0.29, 0.717) is 11.6 Å². The minimum Gasteiger partial charge on any atom is -0.309 e. The average molecular weight is 1050 g/mol. The number of benzene rings is 10. The lowest BCUT2D eigenvalue weighted by atomic mass is 10.1. The van der Waals surface area contributed by atoms with Gasteiger partial charge in [0.1, 0.15) is 8.07 Å². The average Bonchev–Trinajstić information content (AvgIpc) is 4.17. The molecule has 372 valence electrons. The van der Waals surface area contributed by atoms with Gasteiger partial charge in [-0.25, -0.2) is 0 Å². The molecule has 0 bridgehead atoms. The van der Waals surface area contributed by atoms with E-state index in [9.17, 15) is 0 Å². The number of aromatic nitrogens is 6. The Bertz CT molecular complexity index is 3710. The third-order valence-corrected chi connectivity index (χ3v) is 24.2. The van der Waals surface area contributed by atoms with E-state index in [2.05, 4.69) is 95.0 Å². The summed E-state index contributed by atoms with van der Waals surface area (Å²) in [5.74, 6) is 2.82. The van der Waals surface area contributed by atoms with Crippen LogP contribution in [0.1, 0.15) is 0 Å². The highest BCUT2D eigenvalue weighted by Gasteiger charge is 2.32. The molecule has 0 unspecified atom stereocenters. The van der Waals surface area contributed by atoms with Crippen LogP contribution in [0.3, 0.4) is 0 Å². The highest BCUT2D eigenvalue weighted by Crippen LogP contribution is 2.44. The molecule has 0 aliphatic rings. The van der Waals surface area contributed by atoms with Gasteiger partial charge in [-0.15, -0.1) is 20.4 Å². The quantitative estimate of drug-likeness (QED) is 0.0795. The first-order chi connectivity index (χ1) is 37.7. The first kappa shape index (κ1) is 49.1. The van der Waals surface area contributed by atoms with Crippen molar-refractivity contribution < 1.29 is 9.13 Å². The summed E-state index contributed by atoms with van der Waals surface area (Å²) in [5.41, 5.74) is 5.48. The molecule has 2 aromatic heterocycles. The molecular weight excluding hydrogens is 999 g/mol. The molecule has 0 aliphatic carbocycles. The second-order valence-corrected chi connectivity index (χ2v) is 29.4. The molecule has 0 aliphatic heterocycles. The monoisotopic (exact) mass is 1050 g/mol. The summed E-state index contributed by atoms with van der Waals surface area (Å²) < 4.78 is 34.5. The normalized spacial score (nSPS) is 11.9. The van der Waals surface area contributed by atoms with E-state index in [1.807, 2.05) is 206 Å². The predicted molar refractivity (Wildman–Crippen MR) is 320 cm³/mol. The largest absolute Gasteiger partial charge is 0.309 e. The lowest BCUT2D eigenvalue weighted by Crippen LogP contribution is -2.52. The van der Waals surface area contributed by atoms with Gasteiger partial charge < -0.3 is 9.13 Å². The van der Waals surface area contributed by atoms with Crippen molar-refractivity contribution in [3.05, 3.63) is 279 Å². The molecule has 8 nitrogen and oxygen atoms in total. The van der Waals surface area contributed by atoms with Gasteiger partial charge in [0.2, 0.25) is 0 Å². The molecule has 0 spiro atoms. The van der Waals surface area contributed by atoms with E-state index in [0.717, 1.165) is 77.1 Å². The highest BCUT2D eigenvalue weighted by molar-refractivity contribution is 7.85. The molecule has 12 aromatic rings. The predicted octanol–water partition coefficient (Wildman–Crippen LogP) is 11.6. The van der Waals surface area contributed by atoms with Crippen LogP contribution in [0.5, 0.6) is 0 Å². The third-order valence-electron chi connectivity index (χ3n) is 14.5. The van der Waals surface area contributed by atoms with Gasteiger partial charge >= 0.3 is 0 Å². The summed E-state index contributed by atoms with van der Waals surface area (Å²) in [5, 5.41) is 26.5. The van der Waals surface area contributed by atoms with Crippen LogP contribution in [0.2, 0.25) is 13.1 Å². The van der Waals surface area contributed by atoms with Gasteiger partial charge in [-0.3, -0.25) is 9.13 Å². The number of rotatable bonds is 14. The number of hydrogen-bond donors (Lipinski definition) is 0. The van der Waals surface area contributed by atoms with Crippen molar-refractivity contribution >= 4 is 64.6 Å². The summed E-state index contributed by atoms with van der Waals surface area (Å²) in [6.07, 6.45) is 0. The molecule has 0 radical (unpaired) electrons. The van der Waals surface area contributed by atoms with E-state index >= 15 is 9.13 Å². The Labute approximate surface area is 449 Å². The zero-order chi connectivity index (χ0) is 52.4. The van der Waals surface area contributed by atoms with E-state index in [1.54, 1.807) is 0 Å². The third kappa shape index (κ3) is 9.08. The van der Waals surface area contributed by atoms with Crippen LogP contribution in [-0.4, -0.2) is 37.6 Å². The highest BCUT2D eigenvalue weighted by atomic mass is 31.2. The van der Waals surface area contributed by atoms with Crippen LogP contribution in [-0.2, 0) is 9.13 Å². The minimum atomic E-state index is -3.15. The Hall–Kier alpha value is -8.84. The molecule has 12 rings (SSSR count). The van der Waals surface area contributed by atoms with Gasteiger partial charge in [0.15, 0.2) is 37.6 Å². The smallest absolute Gasteiger partial charge is 0.171 e. The fourth-order valence-electron chi connectivity index (χ4n) is 10.3. The zero-order valence-electron chi connectivity index (χ0n) is 42.5. The second-order valence-electron chi connectivity index (χ2n) is 19.5. The summed E-state index contributed by atoms with van der Waals surface area (Å²) in [4.78, 5) is 0. The second kappa shape index (κ2) is 20.7. The van der Waals surface area contributed by atoms with Crippen molar-refractivity contribution in [3.8, 4) is 56.9 Å². The minimum absolute atomic E-state index is 0.688. The molecular formula is C66H52N6O2P2Si. The van der Waals surface area contributed by atoms with Crippen LogP contribution >= 0.6 is 14.3 Å². The topological polar surface area (TPSA) is 95.6 Å². The molecule has 0 atom stereocenters. The van der Waals surface area contributed by atoms with E-state index in [-0.39, 0.29) is 0 Å². The first-order valence-electron chi connectivity index (χ1n) is 25.6. The van der Waals surface area contributed by atoms with Crippen molar-refractivity contribution in [1.82, 2.24) is 29.5 Å². The lowest BCUT2D eigenvalue weighted by Gasteiger charge is -2.24. The SMILES string of the molecule is C[Si](C)(c1ccc(-c2nnc(-c3ccc(P(=O)(c4ccccc4)c4ccccc4)cc3)n2-c2ccccc2)cc1)c1ccc(-c2nnc(-c3ccc(P(=O)(c4ccccc4)c4ccccc4)cc3)n2-c2ccccc2)cc1. The molecule has 10 aromatic carbocycles. The fraction of sp³-hybridized carbons (Fsp3) is 0.0303. The molecule has 0 amide bonds. The van der Waals surface area contributed by atoms with Crippen LogP contribution in [0.25, 0.3) is 56.9 Å². The Kier molecular flexibility index (Phi) is 13.2. The van der Waals surface area contributed by atoms with E-state index < -0.39 is 22.4 Å². The van der Waals surface area contributed by atoms with Crippen LogP contribution in [0, 0.1) is 0 Å². The zero-order valence-corrected chi connectivity index (χ0v) is 45.2. The van der Waals surface area contributed by atoms with Crippen LogP contribution in [0.15, 0.2) is 279 Å². The van der Waals surface area contributed by atoms with Crippen molar-refractivity contribution in [3.63, 3.8) is 0 Å². The summed E-state index contributed by atoms with van der Waals surface area (Å²) in [6, 6.07) is 92.8. The molecule has 2 heterocycles. The molecule has 11 heteroatoms. The maximum absolute atomic E-state index is 15.2. The standard InChI is InChI=1S/C66H52N6O2P2Si/c1-77(2,61-45-37-51(38-46-61)65-69-67-63(71(65)53-21-9-3-10-22-53)49-33-41-59(42-34-49)75(73,55-25-13-5-14-26-55)56-27-15-6-16-28-56)62-47-39-52(40-48-62)66-70-68-64(72(66)54-23-11-4-12-24-54)50-35-43-60(44-36-50)76(74,57-29-17-7-18-30-57)58-31-19-8-20-32-58/h3-48H,1-2H3. The van der Waals surface area contributed by atoms with Gasteiger partial charge in [-0.2, -0.15) is 0 Å². The summed E-state index contributed by atoms with van der Waals surface area (Å²) >= 11 is 0. The Morgan fingerprint density at radius 2 is 0.481 bits per heavy atom. The number of nitrogens with zero attached hydrogens (tertiary/aromatic N) is 6. The van der Waals surface area contributed by atoms with E-state index in [4.69, 9.17) is 20.4 Å². The molecule has 0 saturated carbocycles. The Morgan fingerprint density at radius 3 is 0.727 bits per heavy atom. The van der Waals surface area contributed by atoms with Gasteiger partial charge in [0.05, 0.1) is 0 Å². The van der Waals surface area contributed by atoms with Crippen molar-refractivity contribution in [2.75, 3.05) is 0 Å². The van der Waals surface area contributed by atoms with Gasteiger partial charge in [-0.1, -0.05) is 278 Å². The number of hydrogen-bond acceptors (Lipinski definition) is 6. The maximum Gasteiger partial charge on any atom is 0.171 e. The maximum atomic E-state index is 15.2. The number of para-hydroxylation sites is 2. The molecule has 0 saturated heterocycles. The summed E-state index contributed by atoms with van der Waals surface area (Å²) in [6.45, 7) is 4.75.